The van der Waals surface area contributed by atoms with Crippen LogP contribution in [-0.2, 0) is 45.8 Å². The van der Waals surface area contributed by atoms with Crippen LogP contribution in [0.1, 0.15) is 21.6 Å². The number of amides is 2. The van der Waals surface area contributed by atoms with E-state index < -0.39 is 16.1 Å². The van der Waals surface area contributed by atoms with Gasteiger partial charge in [0.1, 0.15) is 6.61 Å². The summed E-state index contributed by atoms with van der Waals surface area (Å²) in [4.78, 5) is 24.4. The van der Waals surface area contributed by atoms with Crippen molar-refractivity contribution in [2.45, 2.75) is 31.1 Å². The van der Waals surface area contributed by atoms with Crippen molar-refractivity contribution in [3.8, 4) is 0 Å². The van der Waals surface area contributed by atoms with E-state index in [-0.39, 0.29) is 37.0 Å². The van der Waals surface area contributed by atoms with E-state index in [0.717, 1.165) is 21.6 Å². The van der Waals surface area contributed by atoms with Gasteiger partial charge < -0.3 is 15.4 Å². The molecule has 3 aromatic rings. The zero-order valence-corrected chi connectivity index (χ0v) is 19.8. The zero-order valence-electron chi connectivity index (χ0n) is 18.2. The number of sulfonamides is 1. The first kappa shape index (κ1) is 23.7. The summed E-state index contributed by atoms with van der Waals surface area (Å²) in [5, 5.41) is 6.03. The van der Waals surface area contributed by atoms with Crippen molar-refractivity contribution in [2.24, 2.45) is 0 Å². The van der Waals surface area contributed by atoms with Gasteiger partial charge in [0.2, 0.25) is 15.9 Å². The maximum atomic E-state index is 13.1. The molecule has 2 heterocycles. The highest BCUT2D eigenvalue weighted by Gasteiger charge is 2.32. The molecule has 0 radical (unpaired) electrons. The van der Waals surface area contributed by atoms with Crippen LogP contribution in [-0.4, -0.2) is 24.7 Å². The van der Waals surface area contributed by atoms with E-state index in [9.17, 15) is 18.0 Å². The number of rotatable bonds is 8. The Morgan fingerprint density at radius 3 is 2.47 bits per heavy atom. The lowest BCUT2D eigenvalue weighted by Gasteiger charge is -2.16. The molecule has 34 heavy (non-hydrogen) atoms. The number of anilines is 1. The molecule has 0 saturated carbocycles. The first-order chi connectivity index (χ1) is 16.3. The molecule has 8 nitrogen and oxygen atoms in total. The van der Waals surface area contributed by atoms with Gasteiger partial charge in [0.05, 0.1) is 9.90 Å². The molecule has 0 bridgehead atoms. The molecule has 1 aliphatic heterocycles. The van der Waals surface area contributed by atoms with Gasteiger partial charge in [0.15, 0.2) is 0 Å². The molecule has 1 aromatic heterocycles. The van der Waals surface area contributed by atoms with Gasteiger partial charge in [-0.2, -0.15) is 4.31 Å². The van der Waals surface area contributed by atoms with Gasteiger partial charge in [0, 0.05) is 24.5 Å². The number of thiophene rings is 1. The van der Waals surface area contributed by atoms with Gasteiger partial charge in [0.25, 0.3) is 0 Å². The maximum Gasteiger partial charge on any atom is 0.407 e. The first-order valence-electron chi connectivity index (χ1n) is 10.4. The molecule has 1 aliphatic rings. The van der Waals surface area contributed by atoms with E-state index in [2.05, 4.69) is 17.2 Å². The average molecular weight is 498 g/mol. The number of benzene rings is 2. The lowest BCUT2D eigenvalue weighted by atomic mass is 10.2. The largest absolute Gasteiger partial charge is 0.445 e. The third-order valence-corrected chi connectivity index (χ3v) is 8.09. The third-order valence-electron chi connectivity index (χ3n) is 5.21. The van der Waals surface area contributed by atoms with Crippen LogP contribution in [0.2, 0.25) is 0 Å². The van der Waals surface area contributed by atoms with E-state index in [1.54, 1.807) is 18.2 Å². The van der Waals surface area contributed by atoms with Crippen LogP contribution in [0.5, 0.6) is 0 Å². The summed E-state index contributed by atoms with van der Waals surface area (Å²) < 4.78 is 32.7. The standard InChI is InChI=1S/C24H23N3O5S2/c1-2-22(28)26-23-12-19-14-27(15-21(19)33-23)34(30,31)20-10-8-17(9-11-20)13-25-24(29)32-16-18-6-4-3-5-7-18/h2-12H,1,13-16H2,(H,25,29)(H,26,28). The van der Waals surface area contributed by atoms with Crippen LogP contribution < -0.4 is 10.6 Å². The molecule has 0 fully saturated rings. The zero-order chi connectivity index (χ0) is 24.1. The van der Waals surface area contributed by atoms with Crippen molar-refractivity contribution >= 4 is 38.4 Å². The number of carbonyl (C=O) groups excluding carboxylic acids is 2. The van der Waals surface area contributed by atoms with E-state index in [1.165, 1.54) is 33.9 Å². The SMILES string of the molecule is C=CC(=O)Nc1cc2c(s1)CN(S(=O)(=O)c1ccc(CNC(=O)OCc3ccccc3)cc1)C2. The topological polar surface area (TPSA) is 105 Å². The number of ether oxygens (including phenoxy) is 1. The molecule has 2 N–H and O–H groups in total. The Hall–Kier alpha value is -3.47. The summed E-state index contributed by atoms with van der Waals surface area (Å²) in [6, 6.07) is 17.5. The van der Waals surface area contributed by atoms with Crippen LogP contribution >= 0.6 is 11.3 Å². The fraction of sp³-hybridized carbons (Fsp3) is 0.167. The molecule has 4 rings (SSSR count). The number of hydrogen-bond donors (Lipinski definition) is 2. The van der Waals surface area contributed by atoms with E-state index in [4.69, 9.17) is 4.74 Å². The molecule has 2 aromatic carbocycles. The van der Waals surface area contributed by atoms with Crippen molar-refractivity contribution in [3.63, 3.8) is 0 Å². The maximum absolute atomic E-state index is 13.1. The third kappa shape index (κ3) is 5.53. The lowest BCUT2D eigenvalue weighted by molar-refractivity contribution is -0.111. The van der Waals surface area contributed by atoms with Crippen molar-refractivity contribution in [2.75, 3.05) is 5.32 Å². The second kappa shape index (κ2) is 10.2. The Bertz CT molecular complexity index is 1280. The second-order valence-corrected chi connectivity index (χ2v) is 10.7. The molecule has 0 atom stereocenters. The van der Waals surface area contributed by atoms with Crippen molar-refractivity contribution < 1.29 is 22.7 Å². The molecular weight excluding hydrogens is 474 g/mol. The first-order valence-corrected chi connectivity index (χ1v) is 12.7. The minimum absolute atomic E-state index is 0.174. The Balaban J connectivity index is 1.31. The summed E-state index contributed by atoms with van der Waals surface area (Å²) in [7, 11) is -3.68. The number of alkyl carbamates (subject to hydrolysis) is 1. The molecule has 176 valence electrons. The summed E-state index contributed by atoms with van der Waals surface area (Å²) in [5.74, 6) is -0.302. The highest BCUT2D eigenvalue weighted by molar-refractivity contribution is 7.89. The predicted octanol–water partition coefficient (Wildman–Crippen LogP) is 4.00. The van der Waals surface area contributed by atoms with Crippen LogP contribution in [0.3, 0.4) is 0 Å². The Morgan fingerprint density at radius 2 is 1.79 bits per heavy atom. The van der Waals surface area contributed by atoms with Crippen molar-refractivity contribution in [1.82, 2.24) is 9.62 Å². The second-order valence-electron chi connectivity index (χ2n) is 7.58. The van der Waals surface area contributed by atoms with E-state index in [0.29, 0.717) is 5.00 Å². The predicted molar refractivity (Wildman–Crippen MR) is 129 cm³/mol. The molecule has 0 saturated heterocycles. The molecular formula is C24H23N3O5S2. The normalized spacial score (nSPS) is 13.2. The monoisotopic (exact) mass is 497 g/mol. The van der Waals surface area contributed by atoms with Crippen LogP contribution in [0.4, 0.5) is 9.80 Å². The van der Waals surface area contributed by atoms with Gasteiger partial charge in [-0.15, -0.1) is 11.3 Å². The minimum atomic E-state index is -3.68. The lowest BCUT2D eigenvalue weighted by Crippen LogP contribution is -2.26. The smallest absolute Gasteiger partial charge is 0.407 e. The van der Waals surface area contributed by atoms with Gasteiger partial charge in [-0.3, -0.25) is 4.79 Å². The number of carbonyl (C=O) groups is 2. The van der Waals surface area contributed by atoms with Crippen LogP contribution in [0.15, 0.2) is 78.2 Å². The summed E-state index contributed by atoms with van der Waals surface area (Å²) >= 11 is 1.36. The fourth-order valence-electron chi connectivity index (χ4n) is 3.42. The van der Waals surface area contributed by atoms with E-state index >= 15 is 0 Å². The Morgan fingerprint density at radius 1 is 1.06 bits per heavy atom. The van der Waals surface area contributed by atoms with Gasteiger partial charge in [-0.25, -0.2) is 13.2 Å². The number of fused-ring (bicyclic) bond motifs is 1. The van der Waals surface area contributed by atoms with Gasteiger partial charge >= 0.3 is 6.09 Å². The summed E-state index contributed by atoms with van der Waals surface area (Å²) in [6.45, 7) is 4.31. The number of hydrogen-bond acceptors (Lipinski definition) is 6. The molecule has 0 unspecified atom stereocenters. The minimum Gasteiger partial charge on any atom is -0.445 e. The van der Waals surface area contributed by atoms with Gasteiger partial charge in [-0.1, -0.05) is 49.0 Å². The number of nitrogens with one attached hydrogen (secondary N) is 2. The molecule has 0 aliphatic carbocycles. The van der Waals surface area contributed by atoms with E-state index in [1.807, 2.05) is 30.3 Å². The molecule has 0 spiro atoms. The Labute approximate surface area is 201 Å². The summed E-state index contributed by atoms with van der Waals surface area (Å²) in [6.07, 6.45) is 0.640. The summed E-state index contributed by atoms with van der Waals surface area (Å²) in [5.41, 5.74) is 2.52. The molecule has 10 heteroatoms. The quantitative estimate of drug-likeness (QED) is 0.458. The van der Waals surface area contributed by atoms with Crippen LogP contribution in [0.25, 0.3) is 0 Å². The van der Waals surface area contributed by atoms with Crippen LogP contribution in [0, 0.1) is 0 Å². The number of nitrogens with zero attached hydrogens (tertiary/aromatic N) is 1. The van der Waals surface area contributed by atoms with Crippen molar-refractivity contribution in [1.29, 1.82) is 0 Å². The highest BCUT2D eigenvalue weighted by atomic mass is 32.2. The van der Waals surface area contributed by atoms with Crippen molar-refractivity contribution in [3.05, 3.63) is 94.9 Å². The Kier molecular flexibility index (Phi) is 7.11. The molecule has 2 amide bonds. The average Bonchev–Trinajstić information content (AvgIpc) is 3.41. The van der Waals surface area contributed by atoms with Gasteiger partial charge in [-0.05, 0) is 41.0 Å². The fourth-order valence-corrected chi connectivity index (χ4v) is 5.98. The highest BCUT2D eigenvalue weighted by Crippen LogP contribution is 2.36.